The Morgan fingerprint density at radius 2 is 1.80 bits per heavy atom. The van der Waals surface area contributed by atoms with Crippen LogP contribution in [0.4, 0.5) is 0 Å². The SMILES string of the molecule is C[C@H](NC(=O)c1ccco1)C(=O)O[C@H](C)C(=O)NCc1ccccc1. The summed E-state index contributed by atoms with van der Waals surface area (Å²) in [6.07, 6.45) is 0.385. The molecule has 2 rings (SSSR count). The van der Waals surface area contributed by atoms with Gasteiger partial charge in [0.15, 0.2) is 11.9 Å². The summed E-state index contributed by atoms with van der Waals surface area (Å²) >= 11 is 0. The van der Waals surface area contributed by atoms with Crippen LogP contribution < -0.4 is 10.6 Å². The Balaban J connectivity index is 1.78. The first-order chi connectivity index (χ1) is 12.0. The molecule has 1 aromatic carbocycles. The standard InChI is InChI=1S/C18H20N2O5/c1-12(20-17(22)15-9-6-10-24-15)18(23)25-13(2)16(21)19-11-14-7-4-3-5-8-14/h3-10,12-13H,11H2,1-2H3,(H,19,21)(H,20,22)/t12-,13+/m0/s1. The van der Waals surface area contributed by atoms with Gasteiger partial charge in [-0.15, -0.1) is 0 Å². The number of esters is 1. The number of furan rings is 1. The molecule has 1 heterocycles. The third-order valence-corrected chi connectivity index (χ3v) is 3.42. The summed E-state index contributed by atoms with van der Waals surface area (Å²) in [5, 5.41) is 5.13. The van der Waals surface area contributed by atoms with Crippen LogP contribution in [0.1, 0.15) is 30.0 Å². The van der Waals surface area contributed by atoms with E-state index >= 15 is 0 Å². The average molecular weight is 344 g/mol. The van der Waals surface area contributed by atoms with E-state index in [0.29, 0.717) is 6.54 Å². The summed E-state index contributed by atoms with van der Waals surface area (Å²) < 4.78 is 10.0. The highest BCUT2D eigenvalue weighted by Crippen LogP contribution is 2.03. The minimum atomic E-state index is -0.973. The quantitative estimate of drug-likeness (QED) is 0.744. The maximum atomic E-state index is 12.0. The molecule has 132 valence electrons. The lowest BCUT2D eigenvalue weighted by molar-refractivity contribution is -0.156. The lowest BCUT2D eigenvalue weighted by atomic mass is 10.2. The molecule has 0 aliphatic heterocycles. The Kier molecular flexibility index (Phi) is 6.33. The molecule has 0 aliphatic rings. The highest BCUT2D eigenvalue weighted by Gasteiger charge is 2.24. The molecule has 0 bridgehead atoms. The summed E-state index contributed by atoms with van der Waals surface area (Å²) in [5.41, 5.74) is 0.938. The lowest BCUT2D eigenvalue weighted by Gasteiger charge is -2.17. The van der Waals surface area contributed by atoms with Gasteiger partial charge in [-0.25, -0.2) is 4.79 Å². The van der Waals surface area contributed by atoms with Crippen molar-refractivity contribution in [3.63, 3.8) is 0 Å². The first-order valence-electron chi connectivity index (χ1n) is 7.84. The molecule has 0 spiro atoms. The van der Waals surface area contributed by atoms with E-state index in [-0.39, 0.29) is 5.76 Å². The third kappa shape index (κ3) is 5.49. The summed E-state index contributed by atoms with van der Waals surface area (Å²) in [6.45, 7) is 3.28. The second-order valence-corrected chi connectivity index (χ2v) is 5.45. The Morgan fingerprint density at radius 1 is 1.08 bits per heavy atom. The van der Waals surface area contributed by atoms with Gasteiger partial charge in [0.05, 0.1) is 6.26 Å². The van der Waals surface area contributed by atoms with Crippen LogP contribution >= 0.6 is 0 Å². The van der Waals surface area contributed by atoms with Crippen molar-refractivity contribution in [2.24, 2.45) is 0 Å². The number of benzene rings is 1. The number of hydrogen-bond donors (Lipinski definition) is 2. The number of ether oxygens (including phenoxy) is 1. The second-order valence-electron chi connectivity index (χ2n) is 5.45. The van der Waals surface area contributed by atoms with E-state index in [2.05, 4.69) is 10.6 Å². The first-order valence-corrected chi connectivity index (χ1v) is 7.84. The number of amides is 2. The van der Waals surface area contributed by atoms with Gasteiger partial charge in [0.25, 0.3) is 11.8 Å². The predicted molar refractivity (Wildman–Crippen MR) is 89.5 cm³/mol. The maximum Gasteiger partial charge on any atom is 0.329 e. The Morgan fingerprint density at radius 3 is 2.44 bits per heavy atom. The van der Waals surface area contributed by atoms with Gasteiger partial charge in [-0.3, -0.25) is 9.59 Å². The van der Waals surface area contributed by atoms with Gasteiger partial charge < -0.3 is 19.8 Å². The summed E-state index contributed by atoms with van der Waals surface area (Å²) in [4.78, 5) is 35.8. The molecular weight excluding hydrogens is 324 g/mol. The Hall–Kier alpha value is -3.09. The molecule has 2 atom stereocenters. The van der Waals surface area contributed by atoms with Crippen LogP contribution in [0.25, 0.3) is 0 Å². The molecule has 0 unspecified atom stereocenters. The monoisotopic (exact) mass is 344 g/mol. The van der Waals surface area contributed by atoms with Gasteiger partial charge in [-0.2, -0.15) is 0 Å². The van der Waals surface area contributed by atoms with E-state index in [1.165, 1.54) is 26.2 Å². The summed E-state index contributed by atoms with van der Waals surface area (Å²) in [7, 11) is 0. The second kappa shape index (κ2) is 8.68. The van der Waals surface area contributed by atoms with Crippen LogP contribution in [0.15, 0.2) is 53.1 Å². The molecule has 0 saturated heterocycles. The van der Waals surface area contributed by atoms with Crippen LogP contribution in [-0.4, -0.2) is 29.9 Å². The zero-order chi connectivity index (χ0) is 18.2. The highest BCUT2D eigenvalue weighted by atomic mass is 16.5. The molecule has 0 fully saturated rings. The fourth-order valence-electron chi connectivity index (χ4n) is 1.99. The van der Waals surface area contributed by atoms with Crippen molar-refractivity contribution >= 4 is 17.8 Å². The van der Waals surface area contributed by atoms with E-state index in [1.807, 2.05) is 30.3 Å². The van der Waals surface area contributed by atoms with Crippen LogP contribution in [0.3, 0.4) is 0 Å². The van der Waals surface area contributed by atoms with Crippen LogP contribution in [-0.2, 0) is 20.9 Å². The van der Waals surface area contributed by atoms with Crippen molar-refractivity contribution in [1.82, 2.24) is 10.6 Å². The molecule has 7 nitrogen and oxygen atoms in total. The van der Waals surface area contributed by atoms with E-state index in [0.717, 1.165) is 5.56 Å². The van der Waals surface area contributed by atoms with Gasteiger partial charge in [0, 0.05) is 6.54 Å². The third-order valence-electron chi connectivity index (χ3n) is 3.42. The minimum Gasteiger partial charge on any atom is -0.459 e. The topological polar surface area (TPSA) is 97.6 Å². The zero-order valence-electron chi connectivity index (χ0n) is 14.0. The molecule has 0 aliphatic carbocycles. The van der Waals surface area contributed by atoms with Gasteiger partial charge in [0.1, 0.15) is 6.04 Å². The van der Waals surface area contributed by atoms with Crippen molar-refractivity contribution in [2.75, 3.05) is 0 Å². The fourth-order valence-corrected chi connectivity index (χ4v) is 1.99. The van der Waals surface area contributed by atoms with Crippen LogP contribution in [0.2, 0.25) is 0 Å². The molecule has 0 saturated carbocycles. The van der Waals surface area contributed by atoms with E-state index in [1.54, 1.807) is 6.07 Å². The molecule has 2 amide bonds. The molecule has 2 aromatic rings. The van der Waals surface area contributed by atoms with Crippen LogP contribution in [0, 0.1) is 0 Å². The predicted octanol–water partition coefficient (Wildman–Crippen LogP) is 1.65. The fraction of sp³-hybridized carbons (Fsp3) is 0.278. The number of hydrogen-bond acceptors (Lipinski definition) is 5. The van der Waals surface area contributed by atoms with Gasteiger partial charge >= 0.3 is 5.97 Å². The highest BCUT2D eigenvalue weighted by molar-refractivity contribution is 5.94. The van der Waals surface area contributed by atoms with Gasteiger partial charge in [-0.1, -0.05) is 30.3 Å². The van der Waals surface area contributed by atoms with E-state index in [9.17, 15) is 14.4 Å². The number of carbonyl (C=O) groups is 3. The van der Waals surface area contributed by atoms with E-state index in [4.69, 9.17) is 9.15 Å². The van der Waals surface area contributed by atoms with Crippen LogP contribution in [0.5, 0.6) is 0 Å². The number of nitrogens with one attached hydrogen (secondary N) is 2. The van der Waals surface area contributed by atoms with Gasteiger partial charge in [-0.05, 0) is 31.5 Å². The number of carbonyl (C=O) groups excluding carboxylic acids is 3. The lowest BCUT2D eigenvalue weighted by Crippen LogP contribution is -2.43. The summed E-state index contributed by atoms with van der Waals surface area (Å²) in [5.74, 6) is -1.56. The molecule has 7 heteroatoms. The minimum absolute atomic E-state index is 0.0910. The summed E-state index contributed by atoms with van der Waals surface area (Å²) in [6, 6.07) is 11.5. The molecular formula is C18H20N2O5. The Labute approximate surface area is 145 Å². The smallest absolute Gasteiger partial charge is 0.329 e. The van der Waals surface area contributed by atoms with Crippen molar-refractivity contribution < 1.29 is 23.5 Å². The normalized spacial score (nSPS) is 12.7. The first kappa shape index (κ1) is 18.3. The van der Waals surface area contributed by atoms with Crippen molar-refractivity contribution in [3.05, 3.63) is 60.1 Å². The van der Waals surface area contributed by atoms with E-state index < -0.39 is 29.9 Å². The maximum absolute atomic E-state index is 12.0. The van der Waals surface area contributed by atoms with Crippen molar-refractivity contribution in [2.45, 2.75) is 32.5 Å². The molecule has 0 radical (unpaired) electrons. The molecule has 1 aromatic heterocycles. The molecule has 2 N–H and O–H groups in total. The largest absolute Gasteiger partial charge is 0.459 e. The van der Waals surface area contributed by atoms with Crippen molar-refractivity contribution in [1.29, 1.82) is 0 Å². The number of rotatable bonds is 7. The molecule has 25 heavy (non-hydrogen) atoms. The zero-order valence-corrected chi connectivity index (χ0v) is 14.0. The van der Waals surface area contributed by atoms with Gasteiger partial charge in [0.2, 0.25) is 0 Å². The van der Waals surface area contributed by atoms with Crippen molar-refractivity contribution in [3.8, 4) is 0 Å². The average Bonchev–Trinajstić information content (AvgIpc) is 3.15. The Bertz CT molecular complexity index is 712.